The summed E-state index contributed by atoms with van der Waals surface area (Å²) in [7, 11) is 0. The summed E-state index contributed by atoms with van der Waals surface area (Å²) in [5.74, 6) is -0.440. The highest BCUT2D eigenvalue weighted by molar-refractivity contribution is 7.17. The van der Waals surface area contributed by atoms with E-state index in [2.05, 4.69) is 10.3 Å². The lowest BCUT2D eigenvalue weighted by Gasteiger charge is -2.07. The zero-order chi connectivity index (χ0) is 15.9. The van der Waals surface area contributed by atoms with Crippen LogP contribution in [-0.2, 0) is 0 Å². The number of amides is 1. The first-order valence-corrected chi connectivity index (χ1v) is 7.65. The lowest BCUT2D eigenvalue weighted by atomic mass is 10.2. The lowest BCUT2D eigenvalue weighted by molar-refractivity contribution is 0.102. The van der Waals surface area contributed by atoms with E-state index < -0.39 is 5.91 Å². The van der Waals surface area contributed by atoms with Gasteiger partial charge in [-0.05, 0) is 32.4 Å². The van der Waals surface area contributed by atoms with E-state index in [1.54, 1.807) is 6.07 Å². The van der Waals surface area contributed by atoms with Crippen LogP contribution in [0.4, 0.5) is 5.69 Å². The molecule has 112 valence electrons. The van der Waals surface area contributed by atoms with E-state index in [0.717, 1.165) is 16.1 Å². The Morgan fingerprint density at radius 3 is 2.68 bits per heavy atom. The van der Waals surface area contributed by atoms with E-state index in [9.17, 15) is 9.59 Å². The van der Waals surface area contributed by atoms with Crippen LogP contribution in [0.15, 0.2) is 35.3 Å². The number of nitrogens with one attached hydrogen (secondary N) is 1. The summed E-state index contributed by atoms with van der Waals surface area (Å²) < 4.78 is 1.49. The quantitative estimate of drug-likeness (QED) is 0.791. The molecule has 1 amide bonds. The van der Waals surface area contributed by atoms with Gasteiger partial charge in [0.05, 0.1) is 0 Å². The smallest absolute Gasteiger partial charge is 0.271 e. The molecule has 2 heterocycles. The first kappa shape index (κ1) is 14.5. The summed E-state index contributed by atoms with van der Waals surface area (Å²) in [6.07, 6.45) is 1.35. The molecule has 0 aliphatic carbocycles. The van der Waals surface area contributed by atoms with E-state index in [4.69, 9.17) is 0 Å². The van der Waals surface area contributed by atoms with E-state index in [0.29, 0.717) is 10.6 Å². The van der Waals surface area contributed by atoms with E-state index in [1.165, 1.54) is 21.9 Å². The second-order valence-corrected chi connectivity index (χ2v) is 6.29. The van der Waals surface area contributed by atoms with Gasteiger partial charge in [-0.3, -0.25) is 14.0 Å². The molecule has 0 saturated heterocycles. The Kier molecular flexibility index (Phi) is 3.54. The Hall–Kier alpha value is -2.47. The predicted molar refractivity (Wildman–Crippen MR) is 87.9 cm³/mol. The van der Waals surface area contributed by atoms with Gasteiger partial charge in [-0.2, -0.15) is 0 Å². The van der Waals surface area contributed by atoms with Crippen LogP contribution in [0, 0.1) is 20.8 Å². The highest BCUT2D eigenvalue weighted by Gasteiger charge is 2.17. The molecular weight excluding hydrogens is 298 g/mol. The van der Waals surface area contributed by atoms with Crippen LogP contribution in [0.25, 0.3) is 4.96 Å². The average Bonchev–Trinajstić information content (AvgIpc) is 2.77. The summed E-state index contributed by atoms with van der Waals surface area (Å²) in [6.45, 7) is 5.68. The number of para-hydroxylation sites is 1. The highest BCUT2D eigenvalue weighted by atomic mass is 32.1. The minimum absolute atomic E-state index is 0.0432. The van der Waals surface area contributed by atoms with Gasteiger partial charge in [0.15, 0.2) is 4.96 Å². The van der Waals surface area contributed by atoms with Gasteiger partial charge < -0.3 is 5.32 Å². The summed E-state index contributed by atoms with van der Waals surface area (Å²) in [5.41, 5.74) is 2.16. The number of hydrogen-bond donors (Lipinski definition) is 1. The number of anilines is 1. The maximum absolute atomic E-state index is 12.5. The van der Waals surface area contributed by atoms with Gasteiger partial charge in [0.2, 0.25) is 0 Å². The Bertz CT molecular complexity index is 940. The molecule has 6 heteroatoms. The van der Waals surface area contributed by atoms with Gasteiger partial charge in [0, 0.05) is 22.5 Å². The third-order valence-corrected chi connectivity index (χ3v) is 4.73. The van der Waals surface area contributed by atoms with Crippen LogP contribution in [0.5, 0.6) is 0 Å². The Balaban J connectivity index is 2.05. The Morgan fingerprint density at radius 1 is 1.23 bits per heavy atom. The molecule has 0 spiro atoms. The molecule has 0 fully saturated rings. The van der Waals surface area contributed by atoms with E-state index in [1.807, 2.05) is 39.0 Å². The van der Waals surface area contributed by atoms with Gasteiger partial charge in [0.25, 0.3) is 11.5 Å². The number of thiazole rings is 1. The summed E-state index contributed by atoms with van der Waals surface area (Å²) in [6, 6.07) is 7.43. The summed E-state index contributed by atoms with van der Waals surface area (Å²) >= 11 is 1.44. The molecule has 3 rings (SSSR count). The minimum Gasteiger partial charge on any atom is -0.322 e. The minimum atomic E-state index is -0.440. The van der Waals surface area contributed by atoms with Gasteiger partial charge in [-0.25, -0.2) is 4.98 Å². The van der Waals surface area contributed by atoms with Gasteiger partial charge in [-0.1, -0.05) is 18.2 Å². The second-order valence-electron chi connectivity index (χ2n) is 5.11. The SMILES string of the molecule is Cc1ccccc1NC(=O)c1cnc2sc(C)c(C)n2c1=O. The van der Waals surface area contributed by atoms with Crippen LogP contribution < -0.4 is 10.9 Å². The Morgan fingerprint density at radius 2 is 1.95 bits per heavy atom. The Labute approximate surface area is 131 Å². The predicted octanol–water partition coefficient (Wildman–Crippen LogP) is 2.93. The molecule has 0 aliphatic rings. The van der Waals surface area contributed by atoms with Crippen molar-refractivity contribution in [3.63, 3.8) is 0 Å². The first-order valence-electron chi connectivity index (χ1n) is 6.84. The van der Waals surface area contributed by atoms with Crippen LogP contribution in [0.1, 0.15) is 26.5 Å². The number of hydrogen-bond acceptors (Lipinski definition) is 4. The lowest BCUT2D eigenvalue weighted by Crippen LogP contribution is -2.26. The van der Waals surface area contributed by atoms with Crippen molar-refractivity contribution in [2.45, 2.75) is 20.8 Å². The molecule has 0 saturated carbocycles. The molecule has 1 aromatic carbocycles. The van der Waals surface area contributed by atoms with Crippen molar-refractivity contribution in [3.05, 3.63) is 62.5 Å². The van der Waals surface area contributed by atoms with Crippen molar-refractivity contribution in [2.24, 2.45) is 0 Å². The number of aryl methyl sites for hydroxylation is 3. The first-order chi connectivity index (χ1) is 10.5. The molecule has 0 bridgehead atoms. The van der Waals surface area contributed by atoms with Crippen LogP contribution in [-0.4, -0.2) is 15.3 Å². The maximum atomic E-state index is 12.5. The van der Waals surface area contributed by atoms with Crippen molar-refractivity contribution >= 4 is 27.9 Å². The fraction of sp³-hybridized carbons (Fsp3) is 0.188. The molecule has 1 N–H and O–H groups in total. The van der Waals surface area contributed by atoms with Crippen molar-refractivity contribution < 1.29 is 4.79 Å². The second kappa shape index (κ2) is 5.38. The zero-order valence-corrected chi connectivity index (χ0v) is 13.3. The molecule has 0 radical (unpaired) electrons. The topological polar surface area (TPSA) is 63.5 Å². The number of carbonyl (C=O) groups excluding carboxylic acids is 1. The number of benzene rings is 1. The molecule has 0 atom stereocenters. The number of aromatic nitrogens is 2. The average molecular weight is 313 g/mol. The molecule has 0 aliphatic heterocycles. The standard InChI is InChI=1S/C16H15N3O2S/c1-9-6-4-5-7-13(9)18-14(20)12-8-17-16-19(15(12)21)10(2)11(3)22-16/h4-8H,1-3H3,(H,18,20). The van der Waals surface area contributed by atoms with E-state index >= 15 is 0 Å². The normalized spacial score (nSPS) is 10.9. The van der Waals surface area contributed by atoms with Gasteiger partial charge >= 0.3 is 0 Å². The number of carbonyl (C=O) groups is 1. The van der Waals surface area contributed by atoms with Crippen molar-refractivity contribution in [1.29, 1.82) is 0 Å². The third-order valence-electron chi connectivity index (χ3n) is 3.66. The van der Waals surface area contributed by atoms with Crippen LogP contribution in [0.2, 0.25) is 0 Å². The molecule has 22 heavy (non-hydrogen) atoms. The van der Waals surface area contributed by atoms with Crippen molar-refractivity contribution in [3.8, 4) is 0 Å². The van der Waals surface area contributed by atoms with Crippen molar-refractivity contribution in [1.82, 2.24) is 9.38 Å². The summed E-state index contributed by atoms with van der Waals surface area (Å²) in [5, 5.41) is 2.77. The van der Waals surface area contributed by atoms with Crippen molar-refractivity contribution in [2.75, 3.05) is 5.32 Å². The maximum Gasteiger partial charge on any atom is 0.271 e. The van der Waals surface area contributed by atoms with Crippen LogP contribution >= 0.6 is 11.3 Å². The number of nitrogens with zero attached hydrogens (tertiary/aromatic N) is 2. The monoisotopic (exact) mass is 313 g/mol. The van der Waals surface area contributed by atoms with Gasteiger partial charge in [-0.15, -0.1) is 11.3 Å². The molecule has 0 unspecified atom stereocenters. The van der Waals surface area contributed by atoms with E-state index in [-0.39, 0.29) is 11.1 Å². The zero-order valence-electron chi connectivity index (χ0n) is 12.5. The largest absolute Gasteiger partial charge is 0.322 e. The molecule has 5 nitrogen and oxygen atoms in total. The third kappa shape index (κ3) is 2.31. The number of fused-ring (bicyclic) bond motifs is 1. The number of rotatable bonds is 2. The van der Waals surface area contributed by atoms with Gasteiger partial charge in [0.1, 0.15) is 5.56 Å². The summed E-state index contributed by atoms with van der Waals surface area (Å²) in [4.78, 5) is 30.8. The molecular formula is C16H15N3O2S. The fourth-order valence-corrected chi connectivity index (χ4v) is 3.16. The fourth-order valence-electron chi connectivity index (χ4n) is 2.23. The molecule has 2 aromatic heterocycles. The molecule has 3 aromatic rings. The highest BCUT2D eigenvalue weighted by Crippen LogP contribution is 2.19. The van der Waals surface area contributed by atoms with Crippen LogP contribution in [0.3, 0.4) is 0 Å².